The van der Waals surface area contributed by atoms with Gasteiger partial charge in [0.2, 0.25) is 0 Å². The second kappa shape index (κ2) is 8.93. The van der Waals surface area contributed by atoms with Gasteiger partial charge in [-0.05, 0) is 17.7 Å². The zero-order valence-electron chi connectivity index (χ0n) is 16.2. The highest BCUT2D eigenvalue weighted by atomic mass is 19.1. The maximum absolute atomic E-state index is 12.7. The molecule has 0 saturated carbocycles. The monoisotopic (exact) mass is 412 g/mol. The molecule has 1 saturated heterocycles. The number of rotatable bonds is 6. The average Bonchev–Trinajstić information content (AvgIpc) is 3.18. The van der Waals surface area contributed by atoms with Gasteiger partial charge in [-0.3, -0.25) is 4.98 Å². The van der Waals surface area contributed by atoms with Gasteiger partial charge in [-0.25, -0.2) is 28.4 Å². The molecule has 10 nitrogen and oxygen atoms in total. The van der Waals surface area contributed by atoms with E-state index in [0.717, 1.165) is 29.2 Å². The van der Waals surface area contributed by atoms with Crippen LogP contribution in [0.5, 0.6) is 0 Å². The van der Waals surface area contributed by atoms with E-state index >= 15 is 0 Å². The first-order chi connectivity index (χ1) is 14.7. The zero-order valence-corrected chi connectivity index (χ0v) is 16.2. The highest BCUT2D eigenvalue weighted by Crippen LogP contribution is 2.19. The first-order valence-corrected chi connectivity index (χ1v) is 9.44. The number of morpholine rings is 1. The molecular formula is C19H21FN8O2. The molecule has 1 aliphatic rings. The molecule has 2 N–H and O–H groups in total. The van der Waals surface area contributed by atoms with E-state index in [2.05, 4.69) is 25.0 Å². The fraction of sp³-hybridized carbons (Fsp3) is 0.316. The fourth-order valence-corrected chi connectivity index (χ4v) is 3.05. The maximum Gasteiger partial charge on any atom is 0.351 e. The molecule has 1 fully saturated rings. The lowest BCUT2D eigenvalue weighted by Crippen LogP contribution is -2.36. The SMILES string of the molecule is NC/C(=C\F)Cn1ncn(-c2cnc(-c3ccc(N4CCOCC4)nc3)cn2)c1=O. The summed E-state index contributed by atoms with van der Waals surface area (Å²) in [4.78, 5) is 27.8. The fourth-order valence-electron chi connectivity index (χ4n) is 3.05. The number of hydrogen-bond acceptors (Lipinski definition) is 8. The molecule has 11 heteroatoms. The Labute approximate surface area is 171 Å². The van der Waals surface area contributed by atoms with Crippen molar-refractivity contribution >= 4 is 5.82 Å². The molecule has 1 aliphatic heterocycles. The minimum absolute atomic E-state index is 0.00264. The second-order valence-electron chi connectivity index (χ2n) is 6.68. The summed E-state index contributed by atoms with van der Waals surface area (Å²) in [6.45, 7) is 3.01. The van der Waals surface area contributed by atoms with Crippen molar-refractivity contribution < 1.29 is 9.13 Å². The second-order valence-corrected chi connectivity index (χ2v) is 6.68. The number of pyridine rings is 1. The van der Waals surface area contributed by atoms with Crippen LogP contribution in [0.4, 0.5) is 10.2 Å². The van der Waals surface area contributed by atoms with Crippen LogP contribution in [0.25, 0.3) is 17.1 Å². The summed E-state index contributed by atoms with van der Waals surface area (Å²) in [6.07, 6.45) is 6.50. The lowest BCUT2D eigenvalue weighted by Gasteiger charge is -2.27. The van der Waals surface area contributed by atoms with Crippen LogP contribution >= 0.6 is 0 Å². The van der Waals surface area contributed by atoms with Gasteiger partial charge in [-0.1, -0.05) is 0 Å². The van der Waals surface area contributed by atoms with Crippen molar-refractivity contribution in [2.24, 2.45) is 5.73 Å². The normalized spacial score (nSPS) is 14.9. The zero-order chi connectivity index (χ0) is 20.9. The minimum atomic E-state index is -0.457. The third-order valence-corrected chi connectivity index (χ3v) is 4.77. The van der Waals surface area contributed by atoms with E-state index in [1.165, 1.54) is 17.1 Å². The molecule has 0 unspecified atom stereocenters. The van der Waals surface area contributed by atoms with E-state index in [4.69, 9.17) is 10.5 Å². The molecule has 0 spiro atoms. The van der Waals surface area contributed by atoms with Crippen LogP contribution in [-0.2, 0) is 11.3 Å². The molecular weight excluding hydrogens is 391 g/mol. The van der Waals surface area contributed by atoms with Crippen LogP contribution in [0.15, 0.2) is 53.7 Å². The summed E-state index contributed by atoms with van der Waals surface area (Å²) < 4.78 is 20.4. The van der Waals surface area contributed by atoms with Gasteiger partial charge in [-0.2, -0.15) is 5.10 Å². The van der Waals surface area contributed by atoms with Gasteiger partial charge in [-0.15, -0.1) is 0 Å². The Kier molecular flexibility index (Phi) is 5.91. The molecule has 156 valence electrons. The van der Waals surface area contributed by atoms with Gasteiger partial charge in [0.05, 0.1) is 44.2 Å². The Morgan fingerprint density at radius 2 is 1.93 bits per heavy atom. The summed E-state index contributed by atoms with van der Waals surface area (Å²) >= 11 is 0. The highest BCUT2D eigenvalue weighted by Gasteiger charge is 2.13. The molecule has 0 aliphatic carbocycles. The molecule has 30 heavy (non-hydrogen) atoms. The topological polar surface area (TPSA) is 117 Å². The number of halogens is 1. The Bertz CT molecular complexity index is 1070. The minimum Gasteiger partial charge on any atom is -0.378 e. The van der Waals surface area contributed by atoms with Gasteiger partial charge in [0.15, 0.2) is 5.82 Å². The van der Waals surface area contributed by atoms with Crippen LogP contribution in [0.3, 0.4) is 0 Å². The van der Waals surface area contributed by atoms with Crippen LogP contribution in [0.1, 0.15) is 0 Å². The van der Waals surface area contributed by atoms with E-state index in [1.54, 1.807) is 12.4 Å². The molecule has 4 rings (SSSR count). The number of nitrogens with zero attached hydrogens (tertiary/aromatic N) is 7. The largest absolute Gasteiger partial charge is 0.378 e. The Morgan fingerprint density at radius 3 is 2.57 bits per heavy atom. The number of ether oxygens (including phenoxy) is 1. The summed E-state index contributed by atoms with van der Waals surface area (Å²) in [7, 11) is 0. The number of anilines is 1. The lowest BCUT2D eigenvalue weighted by molar-refractivity contribution is 0.122. The van der Waals surface area contributed by atoms with Crippen LogP contribution < -0.4 is 16.3 Å². The Morgan fingerprint density at radius 1 is 1.13 bits per heavy atom. The van der Waals surface area contributed by atoms with Crippen molar-refractivity contribution in [3.63, 3.8) is 0 Å². The Hall–Kier alpha value is -3.44. The number of nitrogens with two attached hydrogens (primary N) is 1. The standard InChI is InChI=1S/C19H21FN8O2/c20-7-14(8-21)12-28-19(29)27(13-25-28)18-11-22-16(10-24-18)15-1-2-17(23-9-15)26-3-5-30-6-4-26/h1-2,7,9-11,13H,3-6,8,12,21H2/b14-7+. The van der Waals surface area contributed by atoms with Crippen LogP contribution in [0, 0.1) is 0 Å². The first-order valence-electron chi connectivity index (χ1n) is 9.44. The lowest BCUT2D eigenvalue weighted by atomic mass is 10.2. The van der Waals surface area contributed by atoms with Crippen LogP contribution in [-0.4, -0.2) is 62.1 Å². The van der Waals surface area contributed by atoms with E-state index in [9.17, 15) is 9.18 Å². The average molecular weight is 412 g/mol. The van der Waals surface area contributed by atoms with E-state index in [1.807, 2.05) is 12.1 Å². The molecule has 3 aromatic rings. The van der Waals surface area contributed by atoms with Gasteiger partial charge in [0.1, 0.15) is 12.1 Å². The molecule has 0 bridgehead atoms. The first kappa shape index (κ1) is 19.9. The molecule has 0 atom stereocenters. The number of aromatic nitrogens is 6. The predicted octanol–water partition coefficient (Wildman–Crippen LogP) is 0.535. The summed E-state index contributed by atoms with van der Waals surface area (Å²) in [5.74, 6) is 1.20. The highest BCUT2D eigenvalue weighted by molar-refractivity contribution is 5.59. The van der Waals surface area contributed by atoms with Gasteiger partial charge in [0.25, 0.3) is 0 Å². The van der Waals surface area contributed by atoms with Crippen molar-refractivity contribution in [3.8, 4) is 17.1 Å². The summed E-state index contributed by atoms with van der Waals surface area (Å²) in [5.41, 5.74) is 6.68. The third-order valence-electron chi connectivity index (χ3n) is 4.77. The van der Waals surface area contributed by atoms with E-state index < -0.39 is 5.69 Å². The van der Waals surface area contributed by atoms with Crippen molar-refractivity contribution in [3.05, 3.63) is 59.4 Å². The van der Waals surface area contributed by atoms with E-state index in [0.29, 0.717) is 31.1 Å². The quantitative estimate of drug-likeness (QED) is 0.623. The van der Waals surface area contributed by atoms with Gasteiger partial charge < -0.3 is 15.4 Å². The predicted molar refractivity (Wildman–Crippen MR) is 108 cm³/mol. The van der Waals surface area contributed by atoms with E-state index in [-0.39, 0.29) is 18.7 Å². The van der Waals surface area contributed by atoms with Crippen molar-refractivity contribution in [1.82, 2.24) is 29.3 Å². The van der Waals surface area contributed by atoms with Crippen molar-refractivity contribution in [2.45, 2.75) is 6.54 Å². The molecule has 3 aromatic heterocycles. The van der Waals surface area contributed by atoms with Crippen molar-refractivity contribution in [2.75, 3.05) is 37.7 Å². The smallest absolute Gasteiger partial charge is 0.351 e. The molecule has 4 heterocycles. The Balaban J connectivity index is 1.51. The van der Waals surface area contributed by atoms with Crippen molar-refractivity contribution in [1.29, 1.82) is 0 Å². The molecule has 0 radical (unpaired) electrons. The maximum atomic E-state index is 12.7. The summed E-state index contributed by atoms with van der Waals surface area (Å²) in [6, 6.07) is 3.88. The third kappa shape index (κ3) is 4.11. The van der Waals surface area contributed by atoms with Crippen LogP contribution in [0.2, 0.25) is 0 Å². The van der Waals surface area contributed by atoms with Gasteiger partial charge >= 0.3 is 5.69 Å². The number of hydrogen-bond donors (Lipinski definition) is 1. The molecule has 0 amide bonds. The summed E-state index contributed by atoms with van der Waals surface area (Å²) in [5, 5.41) is 3.98. The molecule has 0 aromatic carbocycles. The van der Waals surface area contributed by atoms with Gasteiger partial charge in [0, 0.05) is 31.4 Å².